The number of aryl methyl sites for hydroxylation is 1. The number of nitrogens with zero attached hydrogens (tertiary/aromatic N) is 2. The number of aromatic nitrogens is 1. The SMILES string of the molecule is COc1ccc(Cl)c2c(=O)c(CN3CCN(c4ccccc4)CC3)c(C)[nH]c12. The Bertz CT molecular complexity index is 1040. The van der Waals surface area contributed by atoms with Crippen molar-refractivity contribution in [3.63, 3.8) is 0 Å². The molecule has 1 aromatic heterocycles. The molecule has 1 N–H and O–H groups in total. The number of aromatic amines is 1. The number of hydrogen-bond acceptors (Lipinski definition) is 4. The van der Waals surface area contributed by atoms with Gasteiger partial charge in [0, 0.05) is 49.7 Å². The summed E-state index contributed by atoms with van der Waals surface area (Å²) < 4.78 is 5.39. The molecule has 2 aromatic carbocycles. The average Bonchev–Trinajstić information content (AvgIpc) is 2.72. The predicted molar refractivity (Wildman–Crippen MR) is 115 cm³/mol. The van der Waals surface area contributed by atoms with Crippen LogP contribution in [0.2, 0.25) is 5.02 Å². The van der Waals surface area contributed by atoms with Crippen LogP contribution in [0.25, 0.3) is 10.9 Å². The Kier molecular flexibility index (Phi) is 5.29. The van der Waals surface area contributed by atoms with Gasteiger partial charge in [-0.15, -0.1) is 0 Å². The number of ether oxygens (including phenoxy) is 1. The van der Waals surface area contributed by atoms with Crippen LogP contribution in [0.4, 0.5) is 5.69 Å². The predicted octanol–water partition coefficient (Wildman–Crippen LogP) is 3.82. The number of nitrogens with one attached hydrogen (secondary N) is 1. The number of methoxy groups -OCH3 is 1. The number of fused-ring (bicyclic) bond motifs is 1. The second-order valence-corrected chi connectivity index (χ2v) is 7.56. The minimum Gasteiger partial charge on any atom is -0.495 e. The van der Waals surface area contributed by atoms with Gasteiger partial charge in [0.05, 0.1) is 23.0 Å². The zero-order valence-electron chi connectivity index (χ0n) is 16.2. The summed E-state index contributed by atoms with van der Waals surface area (Å²) in [4.78, 5) is 21.3. The highest BCUT2D eigenvalue weighted by Gasteiger charge is 2.21. The molecule has 0 bridgehead atoms. The van der Waals surface area contributed by atoms with Crippen molar-refractivity contribution in [1.82, 2.24) is 9.88 Å². The van der Waals surface area contributed by atoms with E-state index in [1.807, 2.05) is 13.0 Å². The Labute approximate surface area is 169 Å². The third-order valence-electron chi connectivity index (χ3n) is 5.48. The molecule has 3 aromatic rings. The number of halogens is 1. The number of anilines is 1. The van der Waals surface area contributed by atoms with E-state index in [-0.39, 0.29) is 5.43 Å². The lowest BCUT2D eigenvalue weighted by molar-refractivity contribution is 0.248. The minimum atomic E-state index is -0.0133. The molecule has 2 heterocycles. The van der Waals surface area contributed by atoms with E-state index in [0.29, 0.717) is 28.2 Å². The lowest BCUT2D eigenvalue weighted by Gasteiger charge is -2.36. The summed E-state index contributed by atoms with van der Waals surface area (Å²) in [5, 5.41) is 0.955. The molecule has 1 aliphatic heterocycles. The smallest absolute Gasteiger partial charge is 0.195 e. The van der Waals surface area contributed by atoms with Gasteiger partial charge in [0.15, 0.2) is 5.43 Å². The lowest BCUT2D eigenvalue weighted by Crippen LogP contribution is -2.46. The third-order valence-corrected chi connectivity index (χ3v) is 5.79. The number of H-pyrrole nitrogens is 1. The molecule has 1 aliphatic rings. The molecular weight excluding hydrogens is 374 g/mol. The van der Waals surface area contributed by atoms with Crippen LogP contribution in [0, 0.1) is 6.92 Å². The molecule has 0 unspecified atom stereocenters. The van der Waals surface area contributed by atoms with Crippen molar-refractivity contribution >= 4 is 28.2 Å². The highest BCUT2D eigenvalue weighted by atomic mass is 35.5. The monoisotopic (exact) mass is 397 g/mol. The van der Waals surface area contributed by atoms with Crippen molar-refractivity contribution in [3.05, 3.63) is 69.0 Å². The molecule has 28 heavy (non-hydrogen) atoms. The van der Waals surface area contributed by atoms with E-state index in [9.17, 15) is 4.79 Å². The normalized spacial score (nSPS) is 15.2. The molecule has 146 valence electrons. The van der Waals surface area contributed by atoms with E-state index in [1.165, 1.54) is 5.69 Å². The number of piperazine rings is 1. The first kappa shape index (κ1) is 18.8. The summed E-state index contributed by atoms with van der Waals surface area (Å²) in [5.74, 6) is 0.627. The van der Waals surface area contributed by atoms with Gasteiger partial charge in [-0.3, -0.25) is 9.69 Å². The maximum absolute atomic E-state index is 13.2. The summed E-state index contributed by atoms with van der Waals surface area (Å²) in [6, 6.07) is 14.0. The van der Waals surface area contributed by atoms with Crippen LogP contribution >= 0.6 is 11.6 Å². The first-order valence-corrected chi connectivity index (χ1v) is 9.86. The topological polar surface area (TPSA) is 48.6 Å². The first-order valence-electron chi connectivity index (χ1n) is 9.49. The minimum absolute atomic E-state index is 0.0133. The fourth-order valence-corrected chi connectivity index (χ4v) is 4.12. The van der Waals surface area contributed by atoms with Crippen LogP contribution in [0.1, 0.15) is 11.3 Å². The van der Waals surface area contributed by atoms with Crippen LogP contribution in [0.15, 0.2) is 47.3 Å². The van der Waals surface area contributed by atoms with Crippen LogP contribution in [0.3, 0.4) is 0 Å². The van der Waals surface area contributed by atoms with E-state index >= 15 is 0 Å². The van der Waals surface area contributed by atoms with Crippen molar-refractivity contribution in [2.45, 2.75) is 13.5 Å². The maximum Gasteiger partial charge on any atom is 0.195 e. The van der Waals surface area contributed by atoms with Gasteiger partial charge in [-0.2, -0.15) is 0 Å². The van der Waals surface area contributed by atoms with Gasteiger partial charge >= 0.3 is 0 Å². The zero-order valence-corrected chi connectivity index (χ0v) is 16.9. The molecule has 1 saturated heterocycles. The van der Waals surface area contributed by atoms with Crippen molar-refractivity contribution in [1.29, 1.82) is 0 Å². The Morgan fingerprint density at radius 2 is 1.79 bits per heavy atom. The number of rotatable bonds is 4. The molecule has 4 rings (SSSR count). The molecular formula is C22H24ClN3O2. The van der Waals surface area contributed by atoms with Gasteiger partial charge in [0.25, 0.3) is 0 Å². The van der Waals surface area contributed by atoms with Crippen LogP contribution < -0.4 is 15.1 Å². The molecule has 0 aliphatic carbocycles. The highest BCUT2D eigenvalue weighted by Crippen LogP contribution is 2.29. The summed E-state index contributed by atoms with van der Waals surface area (Å²) in [7, 11) is 1.59. The Morgan fingerprint density at radius 3 is 2.46 bits per heavy atom. The summed E-state index contributed by atoms with van der Waals surface area (Å²) in [5.41, 5.74) is 3.54. The summed E-state index contributed by atoms with van der Waals surface area (Å²) in [6.45, 7) is 6.28. The van der Waals surface area contributed by atoms with Crippen LogP contribution in [-0.4, -0.2) is 43.2 Å². The first-order chi connectivity index (χ1) is 13.6. The van der Waals surface area contributed by atoms with Crippen molar-refractivity contribution in [3.8, 4) is 5.75 Å². The standard InChI is InChI=1S/C22H24ClN3O2/c1-15-17(22(27)20-18(23)8-9-19(28-2)21(20)24-15)14-25-10-12-26(13-11-25)16-6-4-3-5-7-16/h3-9H,10-14H2,1-2H3,(H,24,27). The maximum atomic E-state index is 13.2. The van der Waals surface area contributed by atoms with Crippen LogP contribution in [-0.2, 0) is 6.54 Å². The Hall–Kier alpha value is -2.50. The number of pyridine rings is 1. The lowest BCUT2D eigenvalue weighted by atomic mass is 10.1. The van der Waals surface area contributed by atoms with E-state index in [4.69, 9.17) is 16.3 Å². The molecule has 5 nitrogen and oxygen atoms in total. The van der Waals surface area contributed by atoms with Gasteiger partial charge in [0.2, 0.25) is 0 Å². The van der Waals surface area contributed by atoms with Gasteiger partial charge < -0.3 is 14.6 Å². The largest absolute Gasteiger partial charge is 0.495 e. The fourth-order valence-electron chi connectivity index (χ4n) is 3.88. The summed E-state index contributed by atoms with van der Waals surface area (Å²) >= 11 is 6.35. The second kappa shape index (κ2) is 7.86. The van der Waals surface area contributed by atoms with E-state index in [0.717, 1.165) is 37.4 Å². The van der Waals surface area contributed by atoms with Gasteiger partial charge in [0.1, 0.15) is 5.75 Å². The molecule has 0 atom stereocenters. The van der Waals surface area contributed by atoms with E-state index < -0.39 is 0 Å². The Balaban J connectivity index is 1.57. The highest BCUT2D eigenvalue weighted by molar-refractivity contribution is 6.35. The summed E-state index contributed by atoms with van der Waals surface area (Å²) in [6.07, 6.45) is 0. The van der Waals surface area contributed by atoms with E-state index in [2.05, 4.69) is 39.0 Å². The molecule has 0 amide bonds. The van der Waals surface area contributed by atoms with Gasteiger partial charge in [-0.1, -0.05) is 29.8 Å². The number of para-hydroxylation sites is 1. The van der Waals surface area contributed by atoms with Crippen molar-refractivity contribution in [2.75, 3.05) is 38.2 Å². The number of benzene rings is 2. The van der Waals surface area contributed by atoms with Gasteiger partial charge in [-0.25, -0.2) is 0 Å². The molecule has 6 heteroatoms. The Morgan fingerprint density at radius 1 is 1.07 bits per heavy atom. The number of hydrogen-bond donors (Lipinski definition) is 1. The quantitative estimate of drug-likeness (QED) is 0.727. The third kappa shape index (κ3) is 3.48. The average molecular weight is 398 g/mol. The van der Waals surface area contributed by atoms with Gasteiger partial charge in [-0.05, 0) is 31.2 Å². The zero-order chi connectivity index (χ0) is 19.7. The molecule has 1 fully saturated rings. The van der Waals surface area contributed by atoms with E-state index in [1.54, 1.807) is 19.2 Å². The van der Waals surface area contributed by atoms with Crippen molar-refractivity contribution in [2.24, 2.45) is 0 Å². The molecule has 0 radical (unpaired) electrons. The molecule has 0 spiro atoms. The fraction of sp³-hybridized carbons (Fsp3) is 0.318. The van der Waals surface area contributed by atoms with Crippen molar-refractivity contribution < 1.29 is 4.74 Å². The molecule has 0 saturated carbocycles. The van der Waals surface area contributed by atoms with Crippen LogP contribution in [0.5, 0.6) is 5.75 Å². The second-order valence-electron chi connectivity index (χ2n) is 7.16.